The minimum absolute atomic E-state index is 0.0369. The van der Waals surface area contributed by atoms with Gasteiger partial charge in [0.05, 0.1) is 16.9 Å². The van der Waals surface area contributed by atoms with Gasteiger partial charge in [-0.2, -0.15) is 13.2 Å². The molecular weight excluding hydrogens is 433 g/mol. The number of amides is 1. The molecule has 182 valence electrons. The highest BCUT2D eigenvalue weighted by Crippen LogP contribution is 2.48. The summed E-state index contributed by atoms with van der Waals surface area (Å²) in [6, 6.07) is 4.02. The van der Waals surface area contributed by atoms with Gasteiger partial charge >= 0.3 is 12.1 Å². The van der Waals surface area contributed by atoms with Crippen LogP contribution in [0.5, 0.6) is 0 Å². The summed E-state index contributed by atoms with van der Waals surface area (Å²) in [6.45, 7) is 6.21. The molecule has 1 saturated carbocycles. The molecule has 3 atom stereocenters. The Labute approximate surface area is 192 Å². The smallest absolute Gasteiger partial charge is 0.416 e. The van der Waals surface area contributed by atoms with E-state index in [1.54, 1.807) is 11.0 Å². The number of piperidine rings is 1. The van der Waals surface area contributed by atoms with E-state index in [0.29, 0.717) is 37.9 Å². The van der Waals surface area contributed by atoms with Crippen LogP contribution < -0.4 is 0 Å². The number of halogens is 3. The highest BCUT2D eigenvalue weighted by atomic mass is 19.4. The average molecular weight is 467 g/mol. The lowest BCUT2D eigenvalue weighted by Crippen LogP contribution is -2.49. The summed E-state index contributed by atoms with van der Waals surface area (Å²) in [7, 11) is 0. The molecule has 8 heteroatoms. The molecule has 1 aliphatic carbocycles. The van der Waals surface area contributed by atoms with Gasteiger partial charge in [0.25, 0.3) is 0 Å². The third kappa shape index (κ3) is 4.63. The topological polar surface area (TPSA) is 60.9 Å². The quantitative estimate of drug-likeness (QED) is 0.706. The minimum Gasteiger partial charge on any atom is -0.481 e. The fourth-order valence-electron chi connectivity index (χ4n) is 6.09. The van der Waals surface area contributed by atoms with E-state index in [-0.39, 0.29) is 30.3 Å². The number of fused-ring (bicyclic) bond motifs is 1. The fraction of sp³-hybridized carbons (Fsp3) is 0.680. The molecule has 1 N–H and O–H groups in total. The molecule has 2 heterocycles. The molecule has 0 aromatic heterocycles. The predicted octanol–water partition coefficient (Wildman–Crippen LogP) is 4.58. The summed E-state index contributed by atoms with van der Waals surface area (Å²) in [4.78, 5) is 29.3. The summed E-state index contributed by atoms with van der Waals surface area (Å²) in [5.74, 6) is -0.980. The molecule has 1 aromatic carbocycles. The lowest BCUT2D eigenvalue weighted by molar-refractivity contribution is -0.147. The second-order valence-corrected chi connectivity index (χ2v) is 10.3. The number of carbonyl (C=O) groups excluding carboxylic acids is 1. The van der Waals surface area contributed by atoms with Gasteiger partial charge in [-0.3, -0.25) is 14.5 Å². The zero-order valence-corrected chi connectivity index (χ0v) is 19.3. The first-order valence-electron chi connectivity index (χ1n) is 12.0. The summed E-state index contributed by atoms with van der Waals surface area (Å²) in [6.07, 6.45) is -0.0415. The first kappa shape index (κ1) is 24.0. The van der Waals surface area contributed by atoms with Crippen molar-refractivity contribution in [3.63, 3.8) is 0 Å². The lowest BCUT2D eigenvalue weighted by atomic mass is 9.73. The largest absolute Gasteiger partial charge is 0.481 e. The number of carbonyl (C=O) groups is 2. The number of aliphatic carboxylic acids is 1. The van der Waals surface area contributed by atoms with E-state index in [1.807, 2.05) is 0 Å². The lowest BCUT2D eigenvalue weighted by Gasteiger charge is -2.41. The van der Waals surface area contributed by atoms with Crippen molar-refractivity contribution in [1.29, 1.82) is 0 Å². The number of likely N-dealkylation sites (tertiary alicyclic amines) is 1. The molecule has 1 amide bonds. The summed E-state index contributed by atoms with van der Waals surface area (Å²) in [5.41, 5.74) is 0.231. The van der Waals surface area contributed by atoms with Crippen molar-refractivity contribution >= 4 is 11.9 Å². The second kappa shape index (κ2) is 8.93. The summed E-state index contributed by atoms with van der Waals surface area (Å²) >= 11 is 0. The van der Waals surface area contributed by atoms with Crippen LogP contribution in [0.1, 0.15) is 62.6 Å². The van der Waals surface area contributed by atoms with Crippen LogP contribution in [0.15, 0.2) is 18.2 Å². The van der Waals surface area contributed by atoms with Crippen LogP contribution in [0.2, 0.25) is 0 Å². The molecule has 3 unspecified atom stereocenters. The van der Waals surface area contributed by atoms with Gasteiger partial charge in [-0.25, -0.2) is 0 Å². The van der Waals surface area contributed by atoms with Crippen molar-refractivity contribution in [3.05, 3.63) is 34.9 Å². The van der Waals surface area contributed by atoms with Crippen LogP contribution in [-0.2, 0) is 28.7 Å². The fourth-order valence-corrected chi connectivity index (χ4v) is 6.09. The highest BCUT2D eigenvalue weighted by molar-refractivity contribution is 5.84. The highest BCUT2D eigenvalue weighted by Gasteiger charge is 2.51. The van der Waals surface area contributed by atoms with Crippen LogP contribution in [0, 0.1) is 17.3 Å². The molecular formula is C25H33F3N2O3. The number of nitrogens with zero attached hydrogens (tertiary/aromatic N) is 2. The zero-order valence-electron chi connectivity index (χ0n) is 19.3. The van der Waals surface area contributed by atoms with E-state index in [0.717, 1.165) is 37.4 Å². The van der Waals surface area contributed by atoms with Gasteiger partial charge in [0, 0.05) is 25.7 Å². The monoisotopic (exact) mass is 466 g/mol. The molecule has 0 bridgehead atoms. The number of benzene rings is 1. The Balaban J connectivity index is 1.51. The number of carboxylic acids is 1. The molecule has 0 radical (unpaired) electrons. The van der Waals surface area contributed by atoms with Crippen molar-refractivity contribution < 1.29 is 27.9 Å². The number of rotatable bonds is 4. The van der Waals surface area contributed by atoms with E-state index in [9.17, 15) is 27.9 Å². The average Bonchev–Trinajstić information content (AvgIpc) is 3.24. The van der Waals surface area contributed by atoms with Crippen LogP contribution >= 0.6 is 0 Å². The van der Waals surface area contributed by atoms with Crippen LogP contribution in [-0.4, -0.2) is 52.5 Å². The molecule has 33 heavy (non-hydrogen) atoms. The number of hydrogen-bond acceptors (Lipinski definition) is 3. The Kier molecular flexibility index (Phi) is 6.51. The van der Waals surface area contributed by atoms with Gasteiger partial charge in [-0.15, -0.1) is 0 Å². The van der Waals surface area contributed by atoms with E-state index < -0.39 is 23.1 Å². The molecule has 3 aliphatic rings. The van der Waals surface area contributed by atoms with Crippen molar-refractivity contribution in [2.45, 2.75) is 71.1 Å². The molecule has 4 rings (SSSR count). The van der Waals surface area contributed by atoms with Gasteiger partial charge < -0.3 is 10.0 Å². The maximum atomic E-state index is 13.8. The van der Waals surface area contributed by atoms with E-state index in [2.05, 4.69) is 18.7 Å². The normalized spacial score (nSPS) is 28.7. The third-order valence-electron chi connectivity index (χ3n) is 8.21. The van der Waals surface area contributed by atoms with Gasteiger partial charge in [0.15, 0.2) is 0 Å². The maximum absolute atomic E-state index is 13.8. The summed E-state index contributed by atoms with van der Waals surface area (Å²) < 4.78 is 39.6. The SMILES string of the molecule is CC(C)C1(C(=O)N2CCc3ccc(C(F)(F)F)cc3C2)CCC(N2CCCC(C(=O)O)C2)C1. The van der Waals surface area contributed by atoms with Gasteiger partial charge in [-0.05, 0) is 74.2 Å². The number of carboxylic acid groups (broad SMARTS) is 1. The van der Waals surface area contributed by atoms with Crippen molar-refractivity contribution in [1.82, 2.24) is 9.80 Å². The van der Waals surface area contributed by atoms with Gasteiger partial charge in [-0.1, -0.05) is 19.9 Å². The van der Waals surface area contributed by atoms with E-state index in [1.165, 1.54) is 6.07 Å². The molecule has 5 nitrogen and oxygen atoms in total. The van der Waals surface area contributed by atoms with Gasteiger partial charge in [0.2, 0.25) is 5.91 Å². The Morgan fingerprint density at radius 1 is 1.15 bits per heavy atom. The predicted molar refractivity (Wildman–Crippen MR) is 117 cm³/mol. The third-order valence-corrected chi connectivity index (χ3v) is 8.21. The zero-order chi connectivity index (χ0) is 24.0. The van der Waals surface area contributed by atoms with Crippen molar-refractivity contribution in [2.24, 2.45) is 17.3 Å². The Morgan fingerprint density at radius 3 is 2.58 bits per heavy atom. The van der Waals surface area contributed by atoms with Crippen LogP contribution in [0.25, 0.3) is 0 Å². The standard InChI is InChI=1S/C25H33F3N2O3/c1-16(2)24(9-7-21(13-24)29-10-3-4-18(14-29)22(31)32)23(33)30-11-8-17-5-6-20(25(26,27)28)12-19(17)15-30/h5-6,12,16,18,21H,3-4,7-11,13-15H2,1-2H3,(H,31,32). The Morgan fingerprint density at radius 2 is 1.91 bits per heavy atom. The summed E-state index contributed by atoms with van der Waals surface area (Å²) in [5, 5.41) is 9.44. The van der Waals surface area contributed by atoms with Crippen molar-refractivity contribution in [2.75, 3.05) is 19.6 Å². The molecule has 1 saturated heterocycles. The Hall–Kier alpha value is -2.09. The molecule has 0 spiro atoms. The van der Waals surface area contributed by atoms with Gasteiger partial charge in [0.1, 0.15) is 0 Å². The molecule has 2 aliphatic heterocycles. The molecule has 2 fully saturated rings. The first-order chi connectivity index (χ1) is 15.5. The van der Waals surface area contributed by atoms with Crippen molar-refractivity contribution in [3.8, 4) is 0 Å². The second-order valence-electron chi connectivity index (χ2n) is 10.3. The van der Waals surface area contributed by atoms with Crippen LogP contribution in [0.4, 0.5) is 13.2 Å². The number of hydrogen-bond donors (Lipinski definition) is 1. The maximum Gasteiger partial charge on any atom is 0.416 e. The van der Waals surface area contributed by atoms with E-state index >= 15 is 0 Å². The first-order valence-corrected chi connectivity index (χ1v) is 12.0. The van der Waals surface area contributed by atoms with Crippen LogP contribution in [0.3, 0.4) is 0 Å². The number of alkyl halides is 3. The molecule has 1 aromatic rings. The minimum atomic E-state index is -4.40. The van der Waals surface area contributed by atoms with E-state index in [4.69, 9.17) is 0 Å². The Bertz CT molecular complexity index is 917.